The van der Waals surface area contributed by atoms with E-state index < -0.39 is 6.10 Å². The second-order valence-corrected chi connectivity index (χ2v) is 7.14. The van der Waals surface area contributed by atoms with Crippen molar-refractivity contribution < 1.29 is 14.6 Å². The molecule has 0 rings (SSSR count). The molecule has 1 unspecified atom stereocenters. The maximum atomic E-state index is 9.62. The second-order valence-electron chi connectivity index (χ2n) is 7.14. The van der Waals surface area contributed by atoms with Crippen molar-refractivity contribution in [1.82, 2.24) is 0 Å². The maximum absolute atomic E-state index is 9.62. The Kier molecular flexibility index (Phi) is 22.4. The van der Waals surface area contributed by atoms with Crippen LogP contribution in [-0.4, -0.2) is 37.6 Å². The standard InChI is InChI=1S/C24H44O3/c1-3-5-6-7-8-9-10-11-12-13-14-15-16-17-18-19-21-27-23-24(25)22-26-20-4-2/h4,9-10,12-13,24-25H,2-3,5-8,11,14-23H2,1H3/b10-9-,13-12-. The smallest absolute Gasteiger partial charge is 0.101 e. The van der Waals surface area contributed by atoms with Crippen molar-refractivity contribution in [3.05, 3.63) is 37.0 Å². The summed E-state index contributed by atoms with van der Waals surface area (Å²) < 4.78 is 10.6. The van der Waals surface area contributed by atoms with E-state index in [1.165, 1.54) is 64.2 Å². The fourth-order valence-corrected chi connectivity index (χ4v) is 2.75. The third-order valence-corrected chi connectivity index (χ3v) is 4.35. The highest BCUT2D eigenvalue weighted by Crippen LogP contribution is 2.07. The van der Waals surface area contributed by atoms with Gasteiger partial charge in [-0.2, -0.15) is 0 Å². The molecule has 1 atom stereocenters. The van der Waals surface area contributed by atoms with Crippen molar-refractivity contribution in [2.75, 3.05) is 26.4 Å². The molecule has 0 amide bonds. The van der Waals surface area contributed by atoms with Gasteiger partial charge in [0.2, 0.25) is 0 Å². The Balaban J connectivity index is 3.21. The zero-order valence-corrected chi connectivity index (χ0v) is 17.7. The molecule has 0 radical (unpaired) electrons. The lowest BCUT2D eigenvalue weighted by atomic mass is 10.1. The van der Waals surface area contributed by atoms with Crippen LogP contribution in [0.1, 0.15) is 84.0 Å². The second kappa shape index (κ2) is 23.1. The quantitative estimate of drug-likeness (QED) is 0.185. The van der Waals surface area contributed by atoms with Gasteiger partial charge in [0.1, 0.15) is 6.10 Å². The molecule has 0 spiro atoms. The molecule has 27 heavy (non-hydrogen) atoms. The highest BCUT2D eigenvalue weighted by Gasteiger charge is 2.03. The third-order valence-electron chi connectivity index (χ3n) is 4.35. The van der Waals surface area contributed by atoms with E-state index in [4.69, 9.17) is 9.47 Å². The average molecular weight is 381 g/mol. The van der Waals surface area contributed by atoms with E-state index in [1.807, 2.05) is 0 Å². The first-order valence-electron chi connectivity index (χ1n) is 11.1. The van der Waals surface area contributed by atoms with Crippen LogP contribution in [-0.2, 0) is 9.47 Å². The summed E-state index contributed by atoms with van der Waals surface area (Å²) in [5.74, 6) is 0. The van der Waals surface area contributed by atoms with Crippen LogP contribution in [0.3, 0.4) is 0 Å². The van der Waals surface area contributed by atoms with Crippen LogP contribution in [0.4, 0.5) is 0 Å². The summed E-state index contributed by atoms with van der Waals surface area (Å²) in [6.07, 6.45) is 25.4. The van der Waals surface area contributed by atoms with Gasteiger partial charge < -0.3 is 14.6 Å². The van der Waals surface area contributed by atoms with E-state index in [0.29, 0.717) is 19.8 Å². The largest absolute Gasteiger partial charge is 0.388 e. The minimum Gasteiger partial charge on any atom is -0.388 e. The van der Waals surface area contributed by atoms with Gasteiger partial charge in [0.25, 0.3) is 0 Å². The van der Waals surface area contributed by atoms with Gasteiger partial charge in [-0.15, -0.1) is 6.58 Å². The molecular weight excluding hydrogens is 336 g/mol. The average Bonchev–Trinajstić information content (AvgIpc) is 2.67. The number of unbranched alkanes of at least 4 members (excludes halogenated alkanes) is 9. The molecule has 0 aromatic rings. The van der Waals surface area contributed by atoms with E-state index in [0.717, 1.165) is 19.4 Å². The van der Waals surface area contributed by atoms with Gasteiger partial charge in [-0.25, -0.2) is 0 Å². The van der Waals surface area contributed by atoms with Gasteiger partial charge >= 0.3 is 0 Å². The lowest BCUT2D eigenvalue weighted by Crippen LogP contribution is -2.22. The fraction of sp³-hybridized carbons (Fsp3) is 0.750. The van der Waals surface area contributed by atoms with Gasteiger partial charge in [-0.1, -0.05) is 75.8 Å². The summed E-state index contributed by atoms with van der Waals surface area (Å²) >= 11 is 0. The molecule has 0 bridgehead atoms. The molecule has 0 saturated heterocycles. The van der Waals surface area contributed by atoms with Gasteiger partial charge in [-0.3, -0.25) is 0 Å². The number of hydrogen-bond acceptors (Lipinski definition) is 3. The van der Waals surface area contributed by atoms with Crippen molar-refractivity contribution in [1.29, 1.82) is 0 Å². The van der Waals surface area contributed by atoms with E-state index in [-0.39, 0.29) is 0 Å². The van der Waals surface area contributed by atoms with E-state index in [9.17, 15) is 5.11 Å². The van der Waals surface area contributed by atoms with Crippen LogP contribution in [0.25, 0.3) is 0 Å². The van der Waals surface area contributed by atoms with Crippen molar-refractivity contribution in [2.45, 2.75) is 90.1 Å². The first kappa shape index (κ1) is 26.1. The minimum absolute atomic E-state index is 0.314. The lowest BCUT2D eigenvalue weighted by molar-refractivity contribution is -0.0136. The maximum Gasteiger partial charge on any atom is 0.101 e. The molecule has 0 aliphatic heterocycles. The van der Waals surface area contributed by atoms with Crippen molar-refractivity contribution in [2.24, 2.45) is 0 Å². The van der Waals surface area contributed by atoms with Crippen molar-refractivity contribution in [3.63, 3.8) is 0 Å². The van der Waals surface area contributed by atoms with Crippen LogP contribution in [0.5, 0.6) is 0 Å². The molecule has 0 aromatic heterocycles. The van der Waals surface area contributed by atoms with Crippen LogP contribution in [0.2, 0.25) is 0 Å². The van der Waals surface area contributed by atoms with Gasteiger partial charge in [-0.05, 0) is 38.5 Å². The molecule has 3 nitrogen and oxygen atoms in total. The summed E-state index contributed by atoms with van der Waals surface area (Å²) in [7, 11) is 0. The first-order valence-corrected chi connectivity index (χ1v) is 11.1. The number of ether oxygens (including phenoxy) is 2. The Hall–Kier alpha value is -0.900. The monoisotopic (exact) mass is 380 g/mol. The highest BCUT2D eigenvalue weighted by molar-refractivity contribution is 4.92. The van der Waals surface area contributed by atoms with Gasteiger partial charge in [0.05, 0.1) is 19.8 Å². The van der Waals surface area contributed by atoms with Crippen molar-refractivity contribution >= 4 is 0 Å². The lowest BCUT2D eigenvalue weighted by Gasteiger charge is -2.10. The van der Waals surface area contributed by atoms with Gasteiger partial charge in [0.15, 0.2) is 0 Å². The Bertz CT molecular complexity index is 350. The Labute approximate surface area is 168 Å². The van der Waals surface area contributed by atoms with Crippen LogP contribution in [0.15, 0.2) is 37.0 Å². The summed E-state index contributed by atoms with van der Waals surface area (Å²) in [5, 5.41) is 9.62. The molecule has 3 heteroatoms. The molecule has 0 fully saturated rings. The number of aliphatic hydroxyl groups is 1. The molecule has 158 valence electrons. The van der Waals surface area contributed by atoms with Crippen LogP contribution < -0.4 is 0 Å². The van der Waals surface area contributed by atoms with Crippen LogP contribution in [0, 0.1) is 0 Å². The molecule has 0 aliphatic carbocycles. The number of aliphatic hydroxyl groups excluding tert-OH is 1. The summed E-state index contributed by atoms with van der Waals surface area (Å²) in [6.45, 7) is 7.69. The van der Waals surface area contributed by atoms with E-state index in [2.05, 4.69) is 37.8 Å². The topological polar surface area (TPSA) is 38.7 Å². The Morgan fingerprint density at radius 1 is 0.778 bits per heavy atom. The number of rotatable bonds is 21. The van der Waals surface area contributed by atoms with Gasteiger partial charge in [0, 0.05) is 6.61 Å². The molecule has 0 heterocycles. The third kappa shape index (κ3) is 23.1. The van der Waals surface area contributed by atoms with E-state index >= 15 is 0 Å². The molecule has 1 N–H and O–H groups in total. The molecule has 0 saturated carbocycles. The fourth-order valence-electron chi connectivity index (χ4n) is 2.75. The summed E-state index contributed by atoms with van der Waals surface area (Å²) in [6, 6.07) is 0. The predicted molar refractivity (Wildman–Crippen MR) is 117 cm³/mol. The Morgan fingerprint density at radius 2 is 1.37 bits per heavy atom. The minimum atomic E-state index is -0.535. The first-order chi connectivity index (χ1) is 13.3. The normalized spacial score (nSPS) is 13.0. The van der Waals surface area contributed by atoms with E-state index in [1.54, 1.807) is 6.08 Å². The Morgan fingerprint density at radius 3 is 2.04 bits per heavy atom. The summed E-state index contributed by atoms with van der Waals surface area (Å²) in [5.41, 5.74) is 0. The molecule has 0 aromatic carbocycles. The zero-order chi connectivity index (χ0) is 19.8. The highest BCUT2D eigenvalue weighted by atomic mass is 16.5. The molecule has 0 aliphatic rings. The number of allylic oxidation sites excluding steroid dienone is 4. The summed E-state index contributed by atoms with van der Waals surface area (Å²) in [4.78, 5) is 0. The van der Waals surface area contributed by atoms with Crippen LogP contribution >= 0.6 is 0 Å². The SMILES string of the molecule is C=CCOCC(O)COCCCCCCC/C=C\C/C=C\CCCCCC. The molecular formula is C24H44O3. The zero-order valence-electron chi connectivity index (χ0n) is 17.7. The van der Waals surface area contributed by atoms with Crippen molar-refractivity contribution in [3.8, 4) is 0 Å². The predicted octanol–water partition coefficient (Wildman–Crippen LogP) is 6.38. The number of hydrogen-bond donors (Lipinski definition) is 1.